The van der Waals surface area contributed by atoms with Gasteiger partial charge in [-0.05, 0) is 6.42 Å². The van der Waals surface area contributed by atoms with E-state index in [-0.39, 0.29) is 19.5 Å². The second-order valence-electron chi connectivity index (χ2n) is 4.27. The molecule has 0 aliphatic carbocycles. The highest BCUT2D eigenvalue weighted by molar-refractivity contribution is 7.46. The van der Waals surface area contributed by atoms with Gasteiger partial charge >= 0.3 is 13.9 Å². The summed E-state index contributed by atoms with van der Waals surface area (Å²) in [5, 5.41) is 0. The second kappa shape index (κ2) is 6.10. The Morgan fingerprint density at radius 3 is 2.68 bits per heavy atom. The lowest BCUT2D eigenvalue weighted by Crippen LogP contribution is -2.47. The van der Waals surface area contributed by atoms with Gasteiger partial charge in [0, 0.05) is 13.1 Å². The molecule has 0 bridgehead atoms. The standard InChI is InChI=1S/C8H15F2N2O6P/c9-6(10)3-17-7(13)12-2-1-8(11,4-12)5-18-19(14,15)16/h6H,1-5,11H2,(H2,14,15,16)/t8-/m0/s1. The number of nitrogens with zero attached hydrogens (tertiary/aromatic N) is 1. The first-order valence-electron chi connectivity index (χ1n) is 5.30. The number of hydrogen-bond donors (Lipinski definition) is 3. The summed E-state index contributed by atoms with van der Waals surface area (Å²) in [6.07, 6.45) is -3.48. The average molecular weight is 304 g/mol. The molecule has 0 saturated carbocycles. The molecule has 1 atom stereocenters. The molecule has 1 fully saturated rings. The molecule has 0 aromatic carbocycles. The Bertz CT molecular complexity index is 378. The fourth-order valence-corrected chi connectivity index (χ4v) is 2.03. The van der Waals surface area contributed by atoms with Gasteiger partial charge in [-0.3, -0.25) is 4.52 Å². The molecule has 1 saturated heterocycles. The van der Waals surface area contributed by atoms with Crippen molar-refractivity contribution in [2.45, 2.75) is 18.4 Å². The maximum Gasteiger partial charge on any atom is 0.469 e. The summed E-state index contributed by atoms with van der Waals surface area (Å²) < 4.78 is 42.9. The number of carbonyl (C=O) groups excluding carboxylic acids is 1. The van der Waals surface area contributed by atoms with Crippen molar-refractivity contribution in [1.82, 2.24) is 4.90 Å². The van der Waals surface area contributed by atoms with Crippen molar-refractivity contribution in [3.05, 3.63) is 0 Å². The number of phosphoric acid groups is 1. The number of alkyl halides is 2. The number of likely N-dealkylation sites (tertiary alicyclic amines) is 1. The molecule has 1 aliphatic heterocycles. The highest BCUT2D eigenvalue weighted by Crippen LogP contribution is 2.37. The number of halogens is 2. The van der Waals surface area contributed by atoms with Gasteiger partial charge in [-0.25, -0.2) is 18.1 Å². The first-order chi connectivity index (χ1) is 8.61. The lowest BCUT2D eigenvalue weighted by molar-refractivity contribution is 0.0337. The number of rotatable bonds is 5. The van der Waals surface area contributed by atoms with Crippen LogP contribution < -0.4 is 5.73 Å². The summed E-state index contributed by atoms with van der Waals surface area (Å²) in [6.45, 7) is -1.40. The number of nitrogens with two attached hydrogens (primary N) is 1. The van der Waals surface area contributed by atoms with Crippen LogP contribution in [0, 0.1) is 0 Å². The van der Waals surface area contributed by atoms with Gasteiger partial charge in [-0.2, -0.15) is 0 Å². The van der Waals surface area contributed by atoms with Gasteiger partial charge in [0.15, 0.2) is 6.61 Å². The summed E-state index contributed by atoms with van der Waals surface area (Å²) in [6, 6.07) is 0. The van der Waals surface area contributed by atoms with Crippen molar-refractivity contribution in [3.63, 3.8) is 0 Å². The molecule has 11 heteroatoms. The molecule has 0 aromatic rings. The lowest BCUT2D eigenvalue weighted by atomic mass is 10.0. The number of hydrogen-bond acceptors (Lipinski definition) is 5. The van der Waals surface area contributed by atoms with Crippen LogP contribution in [0.5, 0.6) is 0 Å². The van der Waals surface area contributed by atoms with E-state index in [1.54, 1.807) is 0 Å². The molecular weight excluding hydrogens is 289 g/mol. The third-order valence-corrected chi connectivity index (χ3v) is 2.96. The van der Waals surface area contributed by atoms with E-state index in [1.807, 2.05) is 0 Å². The van der Waals surface area contributed by atoms with Crippen molar-refractivity contribution in [3.8, 4) is 0 Å². The molecule has 1 aliphatic rings. The van der Waals surface area contributed by atoms with Gasteiger partial charge in [0.25, 0.3) is 6.43 Å². The van der Waals surface area contributed by atoms with Crippen molar-refractivity contribution in [2.75, 3.05) is 26.3 Å². The molecular formula is C8H15F2N2O6P. The quantitative estimate of drug-likeness (QED) is 0.606. The first-order valence-corrected chi connectivity index (χ1v) is 6.83. The van der Waals surface area contributed by atoms with Gasteiger partial charge < -0.3 is 25.2 Å². The minimum absolute atomic E-state index is 0.0882. The number of ether oxygens (including phenoxy) is 1. The van der Waals surface area contributed by atoms with E-state index in [0.29, 0.717) is 0 Å². The largest absolute Gasteiger partial charge is 0.469 e. The highest BCUT2D eigenvalue weighted by Gasteiger charge is 2.39. The first kappa shape index (κ1) is 16.3. The normalized spacial score (nSPS) is 24.0. The zero-order chi connectivity index (χ0) is 14.7. The Labute approximate surface area is 107 Å². The molecule has 0 aromatic heterocycles. The van der Waals surface area contributed by atoms with Crippen LogP contribution in [0.2, 0.25) is 0 Å². The Balaban J connectivity index is 2.43. The molecule has 0 radical (unpaired) electrons. The van der Waals surface area contributed by atoms with E-state index >= 15 is 0 Å². The summed E-state index contributed by atoms with van der Waals surface area (Å²) in [7, 11) is -4.64. The van der Waals surface area contributed by atoms with Gasteiger partial charge in [0.2, 0.25) is 0 Å². The zero-order valence-electron chi connectivity index (χ0n) is 9.87. The second-order valence-corrected chi connectivity index (χ2v) is 5.51. The minimum atomic E-state index is -4.64. The minimum Gasteiger partial charge on any atom is -0.443 e. The SMILES string of the molecule is N[C@@]1(COP(=O)(O)O)CCN(C(=O)OCC(F)F)C1. The van der Waals surface area contributed by atoms with E-state index in [4.69, 9.17) is 15.5 Å². The van der Waals surface area contributed by atoms with E-state index in [2.05, 4.69) is 9.26 Å². The van der Waals surface area contributed by atoms with Crippen molar-refractivity contribution in [1.29, 1.82) is 0 Å². The summed E-state index contributed by atoms with van der Waals surface area (Å²) in [4.78, 5) is 29.6. The molecule has 0 spiro atoms. The monoisotopic (exact) mass is 304 g/mol. The molecule has 1 rings (SSSR count). The third-order valence-electron chi connectivity index (χ3n) is 2.50. The van der Waals surface area contributed by atoms with Crippen LogP contribution in [0.15, 0.2) is 0 Å². The maximum atomic E-state index is 11.9. The molecule has 19 heavy (non-hydrogen) atoms. The Morgan fingerprint density at radius 1 is 1.53 bits per heavy atom. The van der Waals surface area contributed by atoms with Crippen molar-refractivity contribution >= 4 is 13.9 Å². The molecule has 1 amide bonds. The highest BCUT2D eigenvalue weighted by atomic mass is 31.2. The van der Waals surface area contributed by atoms with Crippen LogP contribution in [-0.2, 0) is 13.8 Å². The fraction of sp³-hybridized carbons (Fsp3) is 0.875. The average Bonchev–Trinajstić information content (AvgIpc) is 2.66. The van der Waals surface area contributed by atoms with Gasteiger partial charge in [-0.1, -0.05) is 0 Å². The van der Waals surface area contributed by atoms with Crippen LogP contribution in [0.25, 0.3) is 0 Å². The van der Waals surface area contributed by atoms with E-state index in [1.165, 1.54) is 0 Å². The molecule has 112 valence electrons. The van der Waals surface area contributed by atoms with Gasteiger partial charge in [-0.15, -0.1) is 0 Å². The summed E-state index contributed by atoms with van der Waals surface area (Å²) in [5.41, 5.74) is 4.65. The topological polar surface area (TPSA) is 122 Å². The molecule has 8 nitrogen and oxygen atoms in total. The Kier molecular flexibility index (Phi) is 5.22. The fourth-order valence-electron chi connectivity index (χ4n) is 1.61. The van der Waals surface area contributed by atoms with Gasteiger partial charge in [0.1, 0.15) is 0 Å². The Morgan fingerprint density at radius 2 is 2.16 bits per heavy atom. The van der Waals surface area contributed by atoms with Gasteiger partial charge in [0.05, 0.1) is 12.1 Å². The number of amides is 1. The summed E-state index contributed by atoms with van der Waals surface area (Å²) >= 11 is 0. The van der Waals surface area contributed by atoms with Crippen LogP contribution >= 0.6 is 7.82 Å². The van der Waals surface area contributed by atoms with Crippen molar-refractivity contribution in [2.24, 2.45) is 5.73 Å². The van der Waals surface area contributed by atoms with E-state index in [0.717, 1.165) is 4.90 Å². The molecule has 4 N–H and O–H groups in total. The lowest BCUT2D eigenvalue weighted by Gasteiger charge is -2.24. The van der Waals surface area contributed by atoms with Crippen LogP contribution in [-0.4, -0.2) is 59.0 Å². The zero-order valence-corrected chi connectivity index (χ0v) is 10.8. The van der Waals surface area contributed by atoms with Crippen LogP contribution in [0.3, 0.4) is 0 Å². The predicted molar refractivity (Wildman–Crippen MR) is 58.5 cm³/mol. The predicted octanol–water partition coefficient (Wildman–Crippen LogP) is -0.0994. The van der Waals surface area contributed by atoms with E-state index in [9.17, 15) is 18.1 Å². The third kappa shape index (κ3) is 5.79. The number of phosphoric ester groups is 1. The van der Waals surface area contributed by atoms with E-state index < -0.39 is 39.1 Å². The Hall–Kier alpha value is -0.800. The van der Waals surface area contributed by atoms with Crippen LogP contribution in [0.1, 0.15) is 6.42 Å². The summed E-state index contributed by atoms with van der Waals surface area (Å²) in [5.74, 6) is 0. The maximum absolute atomic E-state index is 11.9. The smallest absolute Gasteiger partial charge is 0.443 e. The molecule has 0 unspecified atom stereocenters. The molecule has 1 heterocycles. The van der Waals surface area contributed by atoms with Crippen molar-refractivity contribution < 1.29 is 37.2 Å². The number of carbonyl (C=O) groups is 1. The van der Waals surface area contributed by atoms with Crippen LogP contribution in [0.4, 0.5) is 13.6 Å².